The van der Waals surface area contributed by atoms with Gasteiger partial charge in [-0.25, -0.2) is 0 Å². The van der Waals surface area contributed by atoms with Crippen LogP contribution in [0.2, 0.25) is 0 Å². The molecule has 0 amide bonds. The number of fused-ring (bicyclic) bond motifs is 5. The van der Waals surface area contributed by atoms with Gasteiger partial charge in [-0.1, -0.05) is 68.4 Å². The van der Waals surface area contributed by atoms with Gasteiger partial charge in [-0.15, -0.1) is 0 Å². The van der Waals surface area contributed by atoms with E-state index in [-0.39, 0.29) is 22.6 Å². The van der Waals surface area contributed by atoms with E-state index in [1.165, 1.54) is 37.8 Å². The van der Waals surface area contributed by atoms with Crippen LogP contribution >= 0.6 is 10.0 Å². The number of hydrogen-bond donors (Lipinski definition) is 0. The smallest absolute Gasteiger partial charge is 0.197 e. The molecule has 0 radical (unpaired) electrons. The number of hydrogen-bond acceptors (Lipinski definition) is 3. The number of ketones is 2. The van der Waals surface area contributed by atoms with Crippen molar-refractivity contribution in [1.29, 1.82) is 0 Å². The van der Waals surface area contributed by atoms with E-state index in [9.17, 15) is 9.59 Å². The van der Waals surface area contributed by atoms with Gasteiger partial charge in [0.05, 0.1) is 17.0 Å². The standard InChI is InChI=1S/C41H35NO2S/c1-24-17-25(2)19-29(18-24)42-35-16-15-26(20-33-38(43)31-22-27-11-7-8-12-28(27)23-32(31)39(33)44)21-34(35)41(3,4)40-37(42)30-13-9-10-14-36(30)45(40,5)6/h7-23H,1-6H3. The van der Waals surface area contributed by atoms with Crippen LogP contribution < -0.4 is 4.90 Å². The average Bonchev–Trinajstić information content (AvgIpc) is 3.38. The highest BCUT2D eigenvalue weighted by atomic mass is 32.3. The third-order valence-corrected chi connectivity index (χ3v) is 13.0. The van der Waals surface area contributed by atoms with E-state index in [2.05, 4.69) is 106 Å². The van der Waals surface area contributed by atoms with E-state index < -0.39 is 10.0 Å². The van der Waals surface area contributed by atoms with E-state index in [0.29, 0.717) is 11.1 Å². The Bertz CT molecular complexity index is 2160. The topological polar surface area (TPSA) is 37.4 Å². The molecule has 0 unspecified atom stereocenters. The predicted molar refractivity (Wildman–Crippen MR) is 189 cm³/mol. The maximum atomic E-state index is 13.6. The Balaban J connectivity index is 1.32. The average molecular weight is 606 g/mol. The van der Waals surface area contributed by atoms with Crippen LogP contribution in [0, 0.1) is 13.8 Å². The molecule has 0 spiro atoms. The SMILES string of the molecule is Cc1cc(C)cc(N2C3=C(C(C)(C)c4cc(C=C5C(=O)c6cc7ccccc7cc6C5=O)ccc42)S(C)(C)c2ccccc23)c1. The quantitative estimate of drug-likeness (QED) is 0.148. The van der Waals surface area contributed by atoms with Crippen LogP contribution in [0.15, 0.2) is 112 Å². The molecule has 0 atom stereocenters. The summed E-state index contributed by atoms with van der Waals surface area (Å²) < 4.78 is 0. The molecule has 8 rings (SSSR count). The Morgan fingerprint density at radius 1 is 0.689 bits per heavy atom. The Kier molecular flexibility index (Phi) is 5.83. The number of Topliss-reactive ketones (excluding diaryl/α,β-unsaturated/α-hetero) is 2. The number of carbonyl (C=O) groups is 2. The highest BCUT2D eigenvalue weighted by Crippen LogP contribution is 2.73. The molecule has 2 heterocycles. The van der Waals surface area contributed by atoms with Gasteiger partial charge in [-0.2, -0.15) is 10.0 Å². The monoisotopic (exact) mass is 605 g/mol. The molecule has 3 nitrogen and oxygen atoms in total. The second-order valence-electron chi connectivity index (χ2n) is 13.5. The van der Waals surface area contributed by atoms with Crippen LogP contribution in [0.5, 0.6) is 0 Å². The largest absolute Gasteiger partial charge is 0.309 e. The molecule has 3 aliphatic rings. The number of rotatable bonds is 2. The Hall–Kier alpha value is -4.67. The van der Waals surface area contributed by atoms with Crippen LogP contribution in [0.25, 0.3) is 22.5 Å². The van der Waals surface area contributed by atoms with Gasteiger partial charge in [0.1, 0.15) is 0 Å². The van der Waals surface area contributed by atoms with Crippen LogP contribution in [0.4, 0.5) is 11.4 Å². The lowest BCUT2D eigenvalue weighted by molar-refractivity contribution is 0.0990. The van der Waals surface area contributed by atoms with Crippen molar-refractivity contribution >= 4 is 55.5 Å². The van der Waals surface area contributed by atoms with Gasteiger partial charge in [0.2, 0.25) is 0 Å². The minimum atomic E-state index is -1.31. The summed E-state index contributed by atoms with van der Waals surface area (Å²) in [6, 6.07) is 33.7. The summed E-state index contributed by atoms with van der Waals surface area (Å²) in [6.45, 7) is 8.99. The second-order valence-corrected chi connectivity index (χ2v) is 17.0. The molecule has 5 aromatic rings. The van der Waals surface area contributed by atoms with Crippen molar-refractivity contribution in [3.05, 3.63) is 146 Å². The number of allylic oxidation sites excluding steroid dienone is 2. The van der Waals surface area contributed by atoms with Gasteiger partial charge in [-0.05, 0) is 108 Å². The van der Waals surface area contributed by atoms with Crippen LogP contribution in [0.3, 0.4) is 0 Å². The fraction of sp³-hybridized carbons (Fsp3) is 0.171. The lowest BCUT2D eigenvalue weighted by Gasteiger charge is -2.47. The molecule has 2 aliphatic heterocycles. The summed E-state index contributed by atoms with van der Waals surface area (Å²) in [5.74, 6) is -0.396. The zero-order valence-electron chi connectivity index (χ0n) is 26.5. The molecular weight excluding hydrogens is 571 g/mol. The van der Waals surface area contributed by atoms with Crippen molar-refractivity contribution in [2.75, 3.05) is 17.4 Å². The fourth-order valence-electron chi connectivity index (χ4n) is 7.97. The van der Waals surface area contributed by atoms with Crippen molar-refractivity contribution in [2.24, 2.45) is 0 Å². The minimum Gasteiger partial charge on any atom is -0.309 e. The molecule has 4 heteroatoms. The van der Waals surface area contributed by atoms with Gasteiger partial charge in [0.15, 0.2) is 11.6 Å². The van der Waals surface area contributed by atoms with E-state index in [1.54, 1.807) is 6.08 Å². The molecule has 222 valence electrons. The van der Waals surface area contributed by atoms with Crippen LogP contribution in [0.1, 0.15) is 62.4 Å². The van der Waals surface area contributed by atoms with E-state index in [1.807, 2.05) is 36.4 Å². The molecule has 5 aromatic carbocycles. The van der Waals surface area contributed by atoms with Crippen molar-refractivity contribution in [2.45, 2.75) is 38.0 Å². The van der Waals surface area contributed by atoms with Gasteiger partial charge >= 0.3 is 0 Å². The molecule has 0 saturated carbocycles. The third kappa shape index (κ3) is 3.91. The van der Waals surface area contributed by atoms with Gasteiger partial charge in [-0.3, -0.25) is 9.59 Å². The predicted octanol–water partition coefficient (Wildman–Crippen LogP) is 10.2. The Labute approximate surface area is 266 Å². The number of benzene rings is 5. The van der Waals surface area contributed by atoms with Crippen molar-refractivity contribution in [3.8, 4) is 0 Å². The lowest BCUT2D eigenvalue weighted by Crippen LogP contribution is -2.33. The van der Waals surface area contributed by atoms with E-state index in [0.717, 1.165) is 27.7 Å². The summed E-state index contributed by atoms with van der Waals surface area (Å²) in [5, 5.41) is 1.93. The van der Waals surface area contributed by atoms with Crippen molar-refractivity contribution in [3.63, 3.8) is 0 Å². The lowest BCUT2D eigenvalue weighted by atomic mass is 9.77. The zero-order valence-corrected chi connectivity index (χ0v) is 27.3. The maximum Gasteiger partial charge on any atom is 0.197 e. The molecule has 0 saturated heterocycles. The second kappa shape index (κ2) is 9.42. The van der Waals surface area contributed by atoms with E-state index >= 15 is 0 Å². The summed E-state index contributed by atoms with van der Waals surface area (Å²) in [5.41, 5.74) is 10.3. The Morgan fingerprint density at radius 3 is 1.93 bits per heavy atom. The highest BCUT2D eigenvalue weighted by molar-refractivity contribution is 8.36. The first-order valence-electron chi connectivity index (χ1n) is 15.4. The summed E-state index contributed by atoms with van der Waals surface area (Å²) in [6.07, 6.45) is 6.64. The number of nitrogens with zero attached hydrogens (tertiary/aromatic N) is 1. The van der Waals surface area contributed by atoms with Crippen LogP contribution in [-0.2, 0) is 5.41 Å². The minimum absolute atomic E-state index is 0.198. The van der Waals surface area contributed by atoms with Crippen molar-refractivity contribution in [1.82, 2.24) is 0 Å². The van der Waals surface area contributed by atoms with E-state index in [4.69, 9.17) is 0 Å². The molecule has 0 fully saturated rings. The Morgan fingerprint density at radius 2 is 1.29 bits per heavy atom. The van der Waals surface area contributed by atoms with Gasteiger partial charge in [0, 0.05) is 37.6 Å². The molecular formula is C41H35NO2S. The van der Waals surface area contributed by atoms with Crippen LogP contribution in [-0.4, -0.2) is 24.1 Å². The maximum absolute atomic E-state index is 13.6. The first-order chi connectivity index (χ1) is 21.5. The first-order valence-corrected chi connectivity index (χ1v) is 17.9. The molecule has 0 aromatic heterocycles. The molecule has 45 heavy (non-hydrogen) atoms. The number of carbonyl (C=O) groups excluding carboxylic acids is 2. The first kappa shape index (κ1) is 27.8. The van der Waals surface area contributed by atoms with Gasteiger partial charge in [0.25, 0.3) is 0 Å². The fourth-order valence-corrected chi connectivity index (χ4v) is 11.4. The molecule has 1 aliphatic carbocycles. The van der Waals surface area contributed by atoms with Gasteiger partial charge < -0.3 is 4.90 Å². The zero-order chi connectivity index (χ0) is 31.4. The molecule has 0 bridgehead atoms. The summed E-state index contributed by atoms with van der Waals surface area (Å²) in [7, 11) is -1.31. The number of anilines is 2. The van der Waals surface area contributed by atoms with Crippen molar-refractivity contribution < 1.29 is 9.59 Å². The summed E-state index contributed by atoms with van der Waals surface area (Å²) in [4.78, 5) is 32.6. The molecule has 0 N–H and O–H groups in total. The number of aryl methyl sites for hydroxylation is 2. The normalized spacial score (nSPS) is 18.1. The third-order valence-electron chi connectivity index (χ3n) is 9.78. The summed E-state index contributed by atoms with van der Waals surface area (Å²) >= 11 is 0. The highest BCUT2D eigenvalue weighted by Gasteiger charge is 2.49.